The number of hydrogen-bond acceptors (Lipinski definition) is 2. The third-order valence-electron chi connectivity index (χ3n) is 2.32. The Hall–Kier alpha value is -0.950. The monoisotopic (exact) mass is 345 g/mol. The van der Waals surface area contributed by atoms with Gasteiger partial charge in [-0.2, -0.15) is 13.2 Å². The summed E-state index contributed by atoms with van der Waals surface area (Å²) in [4.78, 5) is 10.8. The van der Waals surface area contributed by atoms with Gasteiger partial charge in [-0.05, 0) is 23.8 Å². The lowest BCUT2D eigenvalue weighted by molar-refractivity contribution is -0.137. The quantitative estimate of drug-likeness (QED) is 0.842. The lowest BCUT2D eigenvalue weighted by Gasteiger charge is -2.12. The molecule has 1 atom stereocenters. The van der Waals surface area contributed by atoms with Gasteiger partial charge in [0.1, 0.15) is 6.61 Å². The summed E-state index contributed by atoms with van der Waals surface area (Å²) >= 11 is 3.01. The van der Waals surface area contributed by atoms with Crippen molar-refractivity contribution in [3.63, 3.8) is 0 Å². The van der Waals surface area contributed by atoms with Gasteiger partial charge >= 0.3 is 12.3 Å². The Morgan fingerprint density at radius 1 is 1.33 bits per heavy atom. The van der Waals surface area contributed by atoms with Gasteiger partial charge in [0.05, 0.1) is 11.6 Å². The minimum atomic E-state index is -4.41. The van der Waals surface area contributed by atoms with Crippen LogP contribution in [0.15, 0.2) is 22.7 Å². The largest absolute Gasteiger partial charge is 0.447 e. The summed E-state index contributed by atoms with van der Waals surface area (Å²) in [5, 5.41) is 2.43. The highest BCUT2D eigenvalue weighted by molar-refractivity contribution is 9.10. The van der Waals surface area contributed by atoms with Gasteiger partial charge in [-0.25, -0.2) is 4.79 Å². The standard InChI is InChI=1S/C10H7BrF3NO2.ClH/c11-7-2-5(8-4-17-9(16)15-8)1-6(3-7)10(12,13)14;/h1-3,8H,4H2,(H,15,16);1H/t8-;/m1./s1. The lowest BCUT2D eigenvalue weighted by atomic mass is 10.0. The van der Waals surface area contributed by atoms with Crippen LogP contribution in [-0.2, 0) is 10.9 Å². The number of alkyl halides is 3. The van der Waals surface area contributed by atoms with Crippen LogP contribution in [0, 0.1) is 0 Å². The normalized spacial score (nSPS) is 18.9. The van der Waals surface area contributed by atoms with Gasteiger partial charge in [-0.15, -0.1) is 12.4 Å². The van der Waals surface area contributed by atoms with Crippen LogP contribution in [0.1, 0.15) is 17.2 Å². The lowest BCUT2D eigenvalue weighted by Crippen LogP contribution is -2.19. The van der Waals surface area contributed by atoms with Crippen LogP contribution < -0.4 is 5.32 Å². The fourth-order valence-corrected chi connectivity index (χ4v) is 2.05. The fourth-order valence-electron chi connectivity index (χ4n) is 1.54. The Kier molecular flexibility index (Phi) is 4.50. The molecule has 1 aromatic rings. The van der Waals surface area contributed by atoms with E-state index in [0.717, 1.165) is 12.1 Å². The Bertz CT molecular complexity index is 467. The van der Waals surface area contributed by atoms with Gasteiger partial charge in [0, 0.05) is 4.47 Å². The average Bonchev–Trinajstić information content (AvgIpc) is 2.62. The Morgan fingerprint density at radius 2 is 2.00 bits per heavy atom. The maximum absolute atomic E-state index is 12.6. The molecule has 1 fully saturated rings. The highest BCUT2D eigenvalue weighted by Crippen LogP contribution is 2.33. The van der Waals surface area contributed by atoms with Gasteiger partial charge in [0.15, 0.2) is 0 Å². The predicted molar refractivity (Wildman–Crippen MR) is 63.6 cm³/mol. The SMILES string of the molecule is Cl.O=C1N[C@@H](c2cc(Br)cc(C(F)(F)F)c2)CO1. The van der Waals surface area contributed by atoms with Crippen molar-refractivity contribution in [2.45, 2.75) is 12.2 Å². The van der Waals surface area contributed by atoms with Crippen molar-refractivity contribution in [1.29, 1.82) is 0 Å². The smallest absolute Gasteiger partial charge is 0.416 e. The number of amides is 1. The molecule has 1 N–H and O–H groups in total. The molecule has 0 saturated carbocycles. The molecule has 1 aliphatic rings. The molecule has 2 rings (SSSR count). The zero-order valence-corrected chi connectivity index (χ0v) is 11.2. The van der Waals surface area contributed by atoms with E-state index in [-0.39, 0.29) is 19.0 Å². The third-order valence-corrected chi connectivity index (χ3v) is 2.78. The average molecular weight is 347 g/mol. The molecule has 100 valence electrons. The Labute approximate surface area is 115 Å². The summed E-state index contributed by atoms with van der Waals surface area (Å²) in [7, 11) is 0. The predicted octanol–water partition coefficient (Wildman–Crippen LogP) is 3.67. The second-order valence-corrected chi connectivity index (χ2v) is 4.48. The van der Waals surface area contributed by atoms with Gasteiger partial charge < -0.3 is 10.1 Å². The summed E-state index contributed by atoms with van der Waals surface area (Å²) in [5.41, 5.74) is -0.402. The molecule has 0 radical (unpaired) electrons. The topological polar surface area (TPSA) is 38.3 Å². The summed E-state index contributed by atoms with van der Waals surface area (Å²) in [6, 6.07) is 2.97. The Morgan fingerprint density at radius 3 is 2.50 bits per heavy atom. The summed E-state index contributed by atoms with van der Waals surface area (Å²) in [6.07, 6.45) is -5.04. The fraction of sp³-hybridized carbons (Fsp3) is 0.300. The number of alkyl carbamates (subject to hydrolysis) is 1. The van der Waals surface area contributed by atoms with Crippen molar-refractivity contribution in [2.75, 3.05) is 6.61 Å². The minimum Gasteiger partial charge on any atom is -0.447 e. The van der Waals surface area contributed by atoms with Crippen molar-refractivity contribution in [1.82, 2.24) is 5.32 Å². The van der Waals surface area contributed by atoms with Crippen LogP contribution in [0.3, 0.4) is 0 Å². The van der Waals surface area contributed by atoms with E-state index in [1.807, 2.05) is 0 Å². The molecule has 1 aliphatic heterocycles. The number of benzene rings is 1. The van der Waals surface area contributed by atoms with Crippen LogP contribution in [-0.4, -0.2) is 12.7 Å². The first-order valence-electron chi connectivity index (χ1n) is 4.67. The molecule has 18 heavy (non-hydrogen) atoms. The first-order chi connectivity index (χ1) is 7.86. The number of carbonyl (C=O) groups excluding carboxylic acids is 1. The van der Waals surface area contributed by atoms with Crippen molar-refractivity contribution in [3.8, 4) is 0 Å². The highest BCUT2D eigenvalue weighted by atomic mass is 79.9. The van der Waals surface area contributed by atoms with E-state index in [4.69, 9.17) is 0 Å². The molecule has 0 spiro atoms. The zero-order valence-electron chi connectivity index (χ0n) is 8.75. The van der Waals surface area contributed by atoms with E-state index < -0.39 is 23.9 Å². The summed E-state index contributed by atoms with van der Waals surface area (Å²) < 4.78 is 42.7. The molecule has 0 bridgehead atoms. The van der Waals surface area contributed by atoms with E-state index in [1.165, 1.54) is 6.07 Å². The molecular weight excluding hydrogens is 338 g/mol. The highest BCUT2D eigenvalue weighted by Gasteiger charge is 2.33. The van der Waals surface area contributed by atoms with Crippen molar-refractivity contribution in [2.24, 2.45) is 0 Å². The molecule has 1 heterocycles. The maximum Gasteiger partial charge on any atom is 0.416 e. The van der Waals surface area contributed by atoms with Gasteiger partial charge in [-0.3, -0.25) is 0 Å². The van der Waals surface area contributed by atoms with Crippen LogP contribution in [0.5, 0.6) is 0 Å². The van der Waals surface area contributed by atoms with E-state index in [2.05, 4.69) is 26.0 Å². The zero-order chi connectivity index (χ0) is 12.6. The van der Waals surface area contributed by atoms with Crippen LogP contribution >= 0.6 is 28.3 Å². The van der Waals surface area contributed by atoms with Crippen LogP contribution in [0.2, 0.25) is 0 Å². The van der Waals surface area contributed by atoms with Gasteiger partial charge in [0.25, 0.3) is 0 Å². The molecule has 1 aromatic carbocycles. The first kappa shape index (κ1) is 15.1. The van der Waals surface area contributed by atoms with Gasteiger partial charge in [-0.1, -0.05) is 15.9 Å². The maximum atomic E-state index is 12.6. The van der Waals surface area contributed by atoms with Crippen molar-refractivity contribution < 1.29 is 22.7 Å². The second-order valence-electron chi connectivity index (χ2n) is 3.57. The summed E-state index contributed by atoms with van der Waals surface area (Å²) in [5.74, 6) is 0. The van der Waals surface area contributed by atoms with E-state index in [9.17, 15) is 18.0 Å². The van der Waals surface area contributed by atoms with E-state index in [1.54, 1.807) is 0 Å². The second kappa shape index (κ2) is 5.36. The Balaban J connectivity index is 0.00000162. The van der Waals surface area contributed by atoms with Crippen LogP contribution in [0.4, 0.5) is 18.0 Å². The van der Waals surface area contributed by atoms with Crippen LogP contribution in [0.25, 0.3) is 0 Å². The first-order valence-corrected chi connectivity index (χ1v) is 5.46. The number of ether oxygens (including phenoxy) is 1. The van der Waals surface area contributed by atoms with Crippen molar-refractivity contribution in [3.05, 3.63) is 33.8 Å². The molecule has 8 heteroatoms. The molecule has 1 amide bonds. The van der Waals surface area contributed by atoms with E-state index >= 15 is 0 Å². The van der Waals surface area contributed by atoms with Crippen molar-refractivity contribution >= 4 is 34.4 Å². The molecule has 3 nitrogen and oxygen atoms in total. The molecule has 0 aliphatic carbocycles. The molecular formula is C10H8BrClF3NO2. The summed E-state index contributed by atoms with van der Waals surface area (Å²) in [6.45, 7) is 0.0343. The number of carbonyl (C=O) groups is 1. The minimum absolute atomic E-state index is 0. The number of rotatable bonds is 1. The molecule has 1 saturated heterocycles. The number of nitrogens with one attached hydrogen (secondary N) is 1. The molecule has 0 aromatic heterocycles. The number of halogens is 5. The third kappa shape index (κ3) is 3.29. The number of cyclic esters (lactones) is 1. The van der Waals surface area contributed by atoms with Gasteiger partial charge in [0.2, 0.25) is 0 Å². The van der Waals surface area contributed by atoms with E-state index in [0.29, 0.717) is 10.0 Å². The number of hydrogen-bond donors (Lipinski definition) is 1. The molecule has 0 unspecified atom stereocenters.